The summed E-state index contributed by atoms with van der Waals surface area (Å²) in [6.07, 6.45) is 2.01. The molecule has 0 aromatic heterocycles. The Kier molecular flexibility index (Phi) is 3.34. The minimum Gasteiger partial charge on any atom is -0.506 e. The van der Waals surface area contributed by atoms with Gasteiger partial charge in [0.2, 0.25) is 0 Å². The number of carbonyl (C=O) groups excluding carboxylic acids is 1. The first-order valence-corrected chi connectivity index (χ1v) is 7.08. The van der Waals surface area contributed by atoms with Crippen LogP contribution in [-0.2, 0) is 0 Å². The molecule has 1 saturated carbocycles. The van der Waals surface area contributed by atoms with Gasteiger partial charge in [-0.05, 0) is 36.8 Å². The number of fused-ring (bicyclic) bond motifs is 1. The molecule has 1 aliphatic carbocycles. The highest BCUT2D eigenvalue weighted by molar-refractivity contribution is 6.32. The number of likely N-dealkylation sites (tertiary alicyclic amines) is 1. The van der Waals surface area contributed by atoms with Gasteiger partial charge < -0.3 is 15.7 Å². The van der Waals surface area contributed by atoms with Crippen LogP contribution in [0.3, 0.4) is 0 Å². The molecule has 1 heterocycles. The van der Waals surface area contributed by atoms with Crippen molar-refractivity contribution in [3.8, 4) is 5.75 Å². The van der Waals surface area contributed by atoms with Crippen molar-refractivity contribution in [1.82, 2.24) is 4.90 Å². The number of halogens is 2. The minimum absolute atomic E-state index is 0.0801. The largest absolute Gasteiger partial charge is 0.506 e. The molecule has 1 saturated heterocycles. The molecule has 1 aromatic rings. The molecule has 3 N–H and O–H groups in total. The van der Waals surface area contributed by atoms with E-state index in [1.165, 1.54) is 0 Å². The second-order valence-corrected chi connectivity index (χ2v) is 6.07. The molecular formula is C14H16ClFN2O2. The van der Waals surface area contributed by atoms with Gasteiger partial charge >= 0.3 is 0 Å². The van der Waals surface area contributed by atoms with Crippen molar-refractivity contribution >= 4 is 17.5 Å². The van der Waals surface area contributed by atoms with E-state index < -0.39 is 5.82 Å². The van der Waals surface area contributed by atoms with Gasteiger partial charge in [0.15, 0.2) is 0 Å². The van der Waals surface area contributed by atoms with Crippen molar-refractivity contribution < 1.29 is 14.3 Å². The number of phenols is 1. The van der Waals surface area contributed by atoms with Crippen LogP contribution in [0.4, 0.5) is 4.39 Å². The van der Waals surface area contributed by atoms with E-state index in [2.05, 4.69) is 0 Å². The van der Waals surface area contributed by atoms with Crippen LogP contribution >= 0.6 is 11.6 Å². The average Bonchev–Trinajstić information content (AvgIpc) is 2.96. The molecule has 3 rings (SSSR count). The number of phenolic OH excluding ortho intramolecular Hbond substituents is 1. The van der Waals surface area contributed by atoms with Crippen LogP contribution in [0.15, 0.2) is 12.1 Å². The van der Waals surface area contributed by atoms with Crippen LogP contribution in [0, 0.1) is 17.7 Å². The molecule has 3 atom stereocenters. The monoisotopic (exact) mass is 298 g/mol. The van der Waals surface area contributed by atoms with Gasteiger partial charge in [-0.2, -0.15) is 0 Å². The third-order valence-electron chi connectivity index (χ3n) is 4.46. The predicted octanol–water partition coefficient (Wildman–Crippen LogP) is 1.99. The zero-order chi connectivity index (χ0) is 14.4. The smallest absolute Gasteiger partial charge is 0.257 e. The van der Waals surface area contributed by atoms with E-state index in [9.17, 15) is 14.3 Å². The van der Waals surface area contributed by atoms with Crippen LogP contribution in [0.25, 0.3) is 0 Å². The molecule has 2 aliphatic rings. The van der Waals surface area contributed by atoms with Crippen LogP contribution in [0.5, 0.6) is 5.75 Å². The second kappa shape index (κ2) is 4.90. The number of aromatic hydroxyl groups is 1. The molecule has 6 heteroatoms. The summed E-state index contributed by atoms with van der Waals surface area (Å²) in [5, 5.41) is 9.69. The fourth-order valence-electron chi connectivity index (χ4n) is 3.37. The highest BCUT2D eigenvalue weighted by atomic mass is 35.5. The van der Waals surface area contributed by atoms with E-state index in [-0.39, 0.29) is 28.3 Å². The van der Waals surface area contributed by atoms with Gasteiger partial charge in [0.25, 0.3) is 5.91 Å². The van der Waals surface area contributed by atoms with Crippen LogP contribution < -0.4 is 5.73 Å². The molecule has 1 amide bonds. The molecule has 2 fully saturated rings. The Morgan fingerprint density at radius 1 is 1.40 bits per heavy atom. The first-order chi connectivity index (χ1) is 9.47. The summed E-state index contributed by atoms with van der Waals surface area (Å²) in [7, 11) is 0. The summed E-state index contributed by atoms with van der Waals surface area (Å²) in [4.78, 5) is 14.0. The van der Waals surface area contributed by atoms with Crippen molar-refractivity contribution in [3.63, 3.8) is 0 Å². The normalized spacial score (nSPS) is 28.8. The third kappa shape index (κ3) is 2.15. The lowest BCUT2D eigenvalue weighted by Gasteiger charge is -2.19. The topological polar surface area (TPSA) is 66.6 Å². The van der Waals surface area contributed by atoms with Gasteiger partial charge in [0.05, 0.1) is 10.6 Å². The number of nitrogens with zero attached hydrogens (tertiary/aromatic N) is 1. The number of benzene rings is 1. The number of rotatable bonds is 1. The lowest BCUT2D eigenvalue weighted by Crippen LogP contribution is -2.33. The van der Waals surface area contributed by atoms with Crippen LogP contribution in [0.1, 0.15) is 23.2 Å². The first-order valence-electron chi connectivity index (χ1n) is 6.70. The number of amides is 1. The number of carbonyl (C=O) groups is 1. The standard InChI is InChI=1S/C14H16ClFN2O2/c15-11-4-8(16)3-9(13(11)19)14(20)18-5-7-1-2-12(17)10(7)6-18/h3-4,7,10,12,19H,1-2,5-6,17H2. The average molecular weight is 299 g/mol. The SMILES string of the molecule is NC1CCC2CN(C(=O)c3cc(F)cc(Cl)c3O)CC12. The lowest BCUT2D eigenvalue weighted by atomic mass is 9.98. The number of hydrogen-bond donors (Lipinski definition) is 2. The molecule has 108 valence electrons. The summed E-state index contributed by atoms with van der Waals surface area (Å²) < 4.78 is 13.4. The Balaban J connectivity index is 1.84. The van der Waals surface area contributed by atoms with Crippen molar-refractivity contribution in [1.29, 1.82) is 0 Å². The molecular weight excluding hydrogens is 283 g/mol. The van der Waals surface area contributed by atoms with Crippen molar-refractivity contribution in [3.05, 3.63) is 28.5 Å². The van der Waals surface area contributed by atoms with Gasteiger partial charge in [0.1, 0.15) is 11.6 Å². The van der Waals surface area contributed by atoms with Crippen LogP contribution in [0.2, 0.25) is 5.02 Å². The Bertz CT molecular complexity index is 566. The molecule has 0 spiro atoms. The highest BCUT2D eigenvalue weighted by Gasteiger charge is 2.43. The zero-order valence-corrected chi connectivity index (χ0v) is 11.6. The van der Waals surface area contributed by atoms with E-state index in [1.807, 2.05) is 0 Å². The fraction of sp³-hybridized carbons (Fsp3) is 0.500. The summed E-state index contributed by atoms with van der Waals surface area (Å²) in [5.41, 5.74) is 5.95. The maximum absolute atomic E-state index is 13.4. The molecule has 0 bridgehead atoms. The van der Waals surface area contributed by atoms with E-state index in [1.54, 1.807) is 4.90 Å². The Morgan fingerprint density at radius 2 is 2.15 bits per heavy atom. The summed E-state index contributed by atoms with van der Waals surface area (Å²) >= 11 is 5.71. The second-order valence-electron chi connectivity index (χ2n) is 5.66. The zero-order valence-electron chi connectivity index (χ0n) is 10.9. The van der Waals surface area contributed by atoms with E-state index >= 15 is 0 Å². The number of nitrogens with two attached hydrogens (primary N) is 1. The van der Waals surface area contributed by atoms with Gasteiger partial charge in [-0.3, -0.25) is 4.79 Å². The van der Waals surface area contributed by atoms with Crippen molar-refractivity contribution in [2.75, 3.05) is 13.1 Å². The van der Waals surface area contributed by atoms with E-state index in [0.29, 0.717) is 24.9 Å². The Hall–Kier alpha value is -1.33. The fourth-order valence-corrected chi connectivity index (χ4v) is 3.58. The maximum Gasteiger partial charge on any atom is 0.257 e. The van der Waals surface area contributed by atoms with Gasteiger partial charge in [-0.15, -0.1) is 0 Å². The number of hydrogen-bond acceptors (Lipinski definition) is 3. The minimum atomic E-state index is -0.632. The summed E-state index contributed by atoms with van der Waals surface area (Å²) in [6.45, 7) is 1.18. The molecule has 20 heavy (non-hydrogen) atoms. The lowest BCUT2D eigenvalue weighted by molar-refractivity contribution is 0.0776. The summed E-state index contributed by atoms with van der Waals surface area (Å²) in [5.74, 6) is -0.651. The maximum atomic E-state index is 13.4. The van der Waals surface area contributed by atoms with E-state index in [4.69, 9.17) is 17.3 Å². The molecule has 3 unspecified atom stereocenters. The third-order valence-corrected chi connectivity index (χ3v) is 4.75. The van der Waals surface area contributed by atoms with E-state index in [0.717, 1.165) is 25.0 Å². The van der Waals surface area contributed by atoms with Gasteiger partial charge in [-0.1, -0.05) is 11.6 Å². The molecule has 1 aromatic carbocycles. The summed E-state index contributed by atoms with van der Waals surface area (Å²) in [6, 6.07) is 2.14. The van der Waals surface area contributed by atoms with Crippen molar-refractivity contribution in [2.24, 2.45) is 17.6 Å². The van der Waals surface area contributed by atoms with Gasteiger partial charge in [0, 0.05) is 19.1 Å². The Morgan fingerprint density at radius 3 is 2.85 bits per heavy atom. The van der Waals surface area contributed by atoms with Crippen molar-refractivity contribution in [2.45, 2.75) is 18.9 Å². The predicted molar refractivity (Wildman–Crippen MR) is 73.2 cm³/mol. The first kappa shape index (κ1) is 13.6. The molecule has 4 nitrogen and oxygen atoms in total. The highest BCUT2D eigenvalue weighted by Crippen LogP contribution is 2.38. The molecule has 1 aliphatic heterocycles. The quantitative estimate of drug-likeness (QED) is 0.833. The van der Waals surface area contributed by atoms with Gasteiger partial charge in [-0.25, -0.2) is 4.39 Å². The van der Waals surface area contributed by atoms with Crippen LogP contribution in [-0.4, -0.2) is 35.0 Å². The molecule has 0 radical (unpaired) electrons. The Labute approximate surface area is 121 Å².